The highest BCUT2D eigenvalue weighted by Gasteiger charge is 2.27. The summed E-state index contributed by atoms with van der Waals surface area (Å²) in [5, 5.41) is 2.86. The van der Waals surface area contributed by atoms with E-state index in [9.17, 15) is 13.2 Å². The van der Waals surface area contributed by atoms with Crippen LogP contribution < -0.4 is 9.62 Å². The highest BCUT2D eigenvalue weighted by Crippen LogP contribution is 2.25. The van der Waals surface area contributed by atoms with Gasteiger partial charge in [0.1, 0.15) is 6.54 Å². The zero-order valence-corrected chi connectivity index (χ0v) is 19.4. The van der Waals surface area contributed by atoms with E-state index in [0.717, 1.165) is 18.4 Å². The monoisotopic (exact) mass is 450 g/mol. The van der Waals surface area contributed by atoms with Crippen molar-refractivity contribution in [1.29, 1.82) is 0 Å². The quantitative estimate of drug-likeness (QED) is 0.453. The summed E-state index contributed by atoms with van der Waals surface area (Å²) in [5.41, 5.74) is 2.79. The van der Waals surface area contributed by atoms with Crippen LogP contribution in [0.4, 0.5) is 5.69 Å². The standard InChI is InChI=1S/C26H30N2O3S/c1-21(2)23-15-17-24(18-16-23)28(32(30,31)25-13-7-4-8-14-25)20-26(29)27-19-9-12-22-10-5-3-6-11-22/h3-8,10-11,13-18,21H,9,12,19-20H2,1-2H3,(H,27,29). The predicted molar refractivity (Wildman–Crippen MR) is 129 cm³/mol. The lowest BCUT2D eigenvalue weighted by Crippen LogP contribution is -2.41. The van der Waals surface area contributed by atoms with Crippen molar-refractivity contribution >= 4 is 21.6 Å². The van der Waals surface area contributed by atoms with Crippen LogP contribution in [0.15, 0.2) is 89.8 Å². The van der Waals surface area contributed by atoms with Gasteiger partial charge in [0.05, 0.1) is 10.6 Å². The van der Waals surface area contributed by atoms with E-state index in [0.29, 0.717) is 18.2 Å². The molecule has 0 aliphatic heterocycles. The Labute approximate surface area is 191 Å². The fourth-order valence-electron chi connectivity index (χ4n) is 3.41. The maximum Gasteiger partial charge on any atom is 0.264 e. The number of carbonyl (C=O) groups is 1. The molecule has 0 unspecified atom stereocenters. The number of anilines is 1. The topological polar surface area (TPSA) is 66.5 Å². The molecular weight excluding hydrogens is 420 g/mol. The Hall–Kier alpha value is -3.12. The summed E-state index contributed by atoms with van der Waals surface area (Å²) < 4.78 is 27.9. The molecule has 0 atom stereocenters. The van der Waals surface area contributed by atoms with Crippen LogP contribution in [0, 0.1) is 0 Å². The lowest BCUT2D eigenvalue weighted by atomic mass is 10.0. The second-order valence-corrected chi connectivity index (χ2v) is 9.87. The van der Waals surface area contributed by atoms with Crippen LogP contribution in [0.2, 0.25) is 0 Å². The van der Waals surface area contributed by atoms with Crippen LogP contribution in [0.3, 0.4) is 0 Å². The maximum absolute atomic E-state index is 13.3. The van der Waals surface area contributed by atoms with Crippen LogP contribution in [-0.4, -0.2) is 27.4 Å². The third kappa shape index (κ3) is 6.20. The molecule has 0 saturated carbocycles. The van der Waals surface area contributed by atoms with Crippen LogP contribution in [0.5, 0.6) is 0 Å². The minimum atomic E-state index is -3.88. The van der Waals surface area contributed by atoms with Crippen molar-refractivity contribution in [2.45, 2.75) is 37.5 Å². The highest BCUT2D eigenvalue weighted by atomic mass is 32.2. The number of amides is 1. The second kappa shape index (κ2) is 11.0. The number of sulfonamides is 1. The van der Waals surface area contributed by atoms with Crippen molar-refractivity contribution in [3.8, 4) is 0 Å². The van der Waals surface area contributed by atoms with Crippen LogP contribution in [-0.2, 0) is 21.2 Å². The molecular formula is C26H30N2O3S. The normalized spacial score (nSPS) is 11.3. The van der Waals surface area contributed by atoms with E-state index < -0.39 is 10.0 Å². The van der Waals surface area contributed by atoms with Gasteiger partial charge in [0.15, 0.2) is 0 Å². The molecule has 0 saturated heterocycles. The van der Waals surface area contributed by atoms with Crippen molar-refractivity contribution < 1.29 is 13.2 Å². The molecule has 0 fully saturated rings. The second-order valence-electron chi connectivity index (χ2n) is 8.01. The first-order valence-electron chi connectivity index (χ1n) is 10.9. The summed E-state index contributed by atoms with van der Waals surface area (Å²) in [6.45, 7) is 4.37. The molecule has 0 radical (unpaired) electrons. The number of nitrogens with one attached hydrogen (secondary N) is 1. The average Bonchev–Trinajstić information content (AvgIpc) is 2.81. The average molecular weight is 451 g/mol. The highest BCUT2D eigenvalue weighted by molar-refractivity contribution is 7.92. The molecule has 5 nitrogen and oxygen atoms in total. The third-order valence-electron chi connectivity index (χ3n) is 5.27. The number of hydrogen-bond donors (Lipinski definition) is 1. The summed E-state index contributed by atoms with van der Waals surface area (Å²) in [6, 6.07) is 25.6. The molecule has 32 heavy (non-hydrogen) atoms. The number of rotatable bonds is 10. The van der Waals surface area contributed by atoms with Crippen molar-refractivity contribution in [1.82, 2.24) is 5.32 Å². The Bertz CT molecular complexity index is 1100. The van der Waals surface area contributed by atoms with Crippen molar-refractivity contribution in [3.63, 3.8) is 0 Å². The number of aryl methyl sites for hydroxylation is 1. The van der Waals surface area contributed by atoms with Gasteiger partial charge < -0.3 is 5.32 Å². The summed E-state index contributed by atoms with van der Waals surface area (Å²) in [7, 11) is -3.88. The SMILES string of the molecule is CC(C)c1ccc(N(CC(=O)NCCCc2ccccc2)S(=O)(=O)c2ccccc2)cc1. The van der Waals surface area contributed by atoms with E-state index in [1.54, 1.807) is 42.5 Å². The number of carbonyl (C=O) groups excluding carboxylic acids is 1. The molecule has 0 spiro atoms. The number of nitrogens with zero attached hydrogens (tertiary/aromatic N) is 1. The Morgan fingerprint density at radius 1 is 0.875 bits per heavy atom. The molecule has 1 N–H and O–H groups in total. The maximum atomic E-state index is 13.3. The van der Waals surface area contributed by atoms with E-state index in [1.807, 2.05) is 30.3 Å². The zero-order valence-electron chi connectivity index (χ0n) is 18.6. The summed E-state index contributed by atoms with van der Waals surface area (Å²) >= 11 is 0. The van der Waals surface area contributed by atoms with E-state index >= 15 is 0 Å². The molecule has 3 aromatic carbocycles. The van der Waals surface area contributed by atoms with E-state index in [1.165, 1.54) is 9.87 Å². The van der Waals surface area contributed by atoms with Crippen molar-refractivity contribution in [2.24, 2.45) is 0 Å². The molecule has 0 aliphatic rings. The summed E-state index contributed by atoms with van der Waals surface area (Å²) in [4.78, 5) is 12.8. The molecule has 0 bridgehead atoms. The molecule has 1 amide bonds. The number of hydrogen-bond acceptors (Lipinski definition) is 3. The lowest BCUT2D eigenvalue weighted by molar-refractivity contribution is -0.119. The first-order chi connectivity index (χ1) is 15.4. The smallest absolute Gasteiger partial charge is 0.264 e. The molecule has 0 aromatic heterocycles. The van der Waals surface area contributed by atoms with E-state index in [4.69, 9.17) is 0 Å². The molecule has 168 valence electrons. The Kier molecular flexibility index (Phi) is 8.06. The molecule has 3 aromatic rings. The first kappa shape index (κ1) is 23.5. The van der Waals surface area contributed by atoms with Gasteiger partial charge in [-0.05, 0) is 54.2 Å². The van der Waals surface area contributed by atoms with Crippen LogP contribution in [0.25, 0.3) is 0 Å². The molecule has 6 heteroatoms. The minimum Gasteiger partial charge on any atom is -0.355 e. The largest absolute Gasteiger partial charge is 0.355 e. The van der Waals surface area contributed by atoms with Crippen molar-refractivity contribution in [2.75, 3.05) is 17.4 Å². The van der Waals surface area contributed by atoms with Gasteiger partial charge in [-0.15, -0.1) is 0 Å². The van der Waals surface area contributed by atoms with Gasteiger partial charge >= 0.3 is 0 Å². The van der Waals surface area contributed by atoms with Crippen LogP contribution >= 0.6 is 0 Å². The fourth-order valence-corrected chi connectivity index (χ4v) is 4.85. The van der Waals surface area contributed by atoms with Gasteiger partial charge in [0.2, 0.25) is 5.91 Å². The van der Waals surface area contributed by atoms with E-state index in [-0.39, 0.29) is 17.3 Å². The van der Waals surface area contributed by atoms with Gasteiger partial charge in [-0.25, -0.2) is 8.42 Å². The van der Waals surface area contributed by atoms with Gasteiger partial charge in [-0.1, -0.05) is 74.5 Å². The molecule has 0 heterocycles. The zero-order chi connectivity index (χ0) is 23.0. The van der Waals surface area contributed by atoms with Gasteiger partial charge in [-0.3, -0.25) is 9.10 Å². The first-order valence-corrected chi connectivity index (χ1v) is 12.3. The third-order valence-corrected chi connectivity index (χ3v) is 7.06. The van der Waals surface area contributed by atoms with Crippen molar-refractivity contribution in [3.05, 3.63) is 96.1 Å². The number of benzene rings is 3. The Morgan fingerprint density at radius 3 is 2.06 bits per heavy atom. The summed E-state index contributed by atoms with van der Waals surface area (Å²) in [5.74, 6) is 0.00153. The summed E-state index contributed by atoms with van der Waals surface area (Å²) in [6.07, 6.45) is 1.63. The minimum absolute atomic E-state index is 0.157. The van der Waals surface area contributed by atoms with Gasteiger partial charge in [0, 0.05) is 6.54 Å². The van der Waals surface area contributed by atoms with Gasteiger partial charge in [0.25, 0.3) is 10.0 Å². The van der Waals surface area contributed by atoms with Gasteiger partial charge in [-0.2, -0.15) is 0 Å². The Morgan fingerprint density at radius 2 is 1.47 bits per heavy atom. The molecule has 0 aliphatic carbocycles. The Balaban J connectivity index is 1.73. The predicted octanol–water partition coefficient (Wildman–Crippen LogP) is 4.75. The molecule has 3 rings (SSSR count). The van der Waals surface area contributed by atoms with E-state index in [2.05, 4.69) is 31.3 Å². The lowest BCUT2D eigenvalue weighted by Gasteiger charge is -2.24. The van der Waals surface area contributed by atoms with Crippen LogP contribution in [0.1, 0.15) is 37.3 Å². The fraction of sp³-hybridized carbons (Fsp3) is 0.269.